The van der Waals surface area contributed by atoms with Gasteiger partial charge in [0.15, 0.2) is 0 Å². The van der Waals surface area contributed by atoms with E-state index in [1.54, 1.807) is 7.11 Å². The van der Waals surface area contributed by atoms with E-state index in [2.05, 4.69) is 0 Å². The summed E-state index contributed by atoms with van der Waals surface area (Å²) in [4.78, 5) is 0. The van der Waals surface area contributed by atoms with Crippen LogP contribution < -0.4 is 5.14 Å². The third kappa shape index (κ3) is 8.43. The zero-order valence-electron chi connectivity index (χ0n) is 8.95. The Morgan fingerprint density at radius 3 is 2.29 bits per heavy atom. The Hall–Kier alpha value is -0.170. The summed E-state index contributed by atoms with van der Waals surface area (Å²) in [7, 11) is -1.77. The number of sulfonamides is 1. The molecule has 0 aromatic carbocycles. The summed E-state index contributed by atoms with van der Waals surface area (Å²) in [6.45, 7) is 4.49. The monoisotopic (exact) mass is 225 g/mol. The van der Waals surface area contributed by atoms with Gasteiger partial charge in [0.1, 0.15) is 0 Å². The number of hydrogen-bond donors (Lipinski definition) is 1. The molecule has 86 valence electrons. The Kier molecular flexibility index (Phi) is 5.58. The van der Waals surface area contributed by atoms with E-state index in [0.29, 0.717) is 13.0 Å². The van der Waals surface area contributed by atoms with E-state index in [0.717, 1.165) is 0 Å². The van der Waals surface area contributed by atoms with Crippen molar-refractivity contribution < 1.29 is 17.9 Å². The molecule has 14 heavy (non-hydrogen) atoms. The summed E-state index contributed by atoms with van der Waals surface area (Å²) in [6, 6.07) is 0. The van der Waals surface area contributed by atoms with Crippen LogP contribution in [0.1, 0.15) is 20.3 Å². The minimum Gasteiger partial charge on any atom is -0.380 e. The van der Waals surface area contributed by atoms with E-state index in [-0.39, 0.29) is 18.0 Å². The average Bonchev–Trinajstić information content (AvgIpc) is 2.01. The van der Waals surface area contributed by atoms with Crippen molar-refractivity contribution in [2.24, 2.45) is 5.14 Å². The number of primary sulfonamides is 1. The summed E-state index contributed by atoms with van der Waals surface area (Å²) >= 11 is 0. The van der Waals surface area contributed by atoms with Gasteiger partial charge in [0.05, 0.1) is 18.0 Å². The molecule has 6 heteroatoms. The molecule has 0 aromatic heterocycles. The van der Waals surface area contributed by atoms with Crippen molar-refractivity contribution >= 4 is 10.0 Å². The molecule has 0 saturated carbocycles. The molecule has 0 heterocycles. The first-order chi connectivity index (χ1) is 6.27. The van der Waals surface area contributed by atoms with E-state index < -0.39 is 10.0 Å². The molecule has 0 spiro atoms. The molecule has 0 atom stereocenters. The van der Waals surface area contributed by atoms with Crippen molar-refractivity contribution in [3.8, 4) is 0 Å². The summed E-state index contributed by atoms with van der Waals surface area (Å²) in [6.07, 6.45) is 0.716. The van der Waals surface area contributed by atoms with Gasteiger partial charge in [-0.25, -0.2) is 13.6 Å². The van der Waals surface area contributed by atoms with Crippen molar-refractivity contribution in [1.82, 2.24) is 0 Å². The molecule has 0 aromatic rings. The standard InChI is InChI=1S/C8H19NO4S/c1-8(2,12-3)4-5-13-6-7-14(9,10)11/h4-7H2,1-3H3,(H2,9,10,11). The van der Waals surface area contributed by atoms with Crippen LogP contribution in [0.4, 0.5) is 0 Å². The van der Waals surface area contributed by atoms with Crippen molar-refractivity contribution in [2.45, 2.75) is 25.9 Å². The molecule has 0 fully saturated rings. The largest absolute Gasteiger partial charge is 0.380 e. The molecule has 2 N–H and O–H groups in total. The molecule has 0 saturated heterocycles. The molecule has 0 rings (SSSR count). The predicted octanol–water partition coefficient (Wildman–Crippen LogP) is 0.107. The Labute approximate surface area is 85.6 Å². The molecule has 0 bridgehead atoms. The Morgan fingerprint density at radius 2 is 1.86 bits per heavy atom. The van der Waals surface area contributed by atoms with Crippen LogP contribution in [-0.4, -0.2) is 40.1 Å². The fraction of sp³-hybridized carbons (Fsp3) is 1.00. The first kappa shape index (κ1) is 13.8. The lowest BCUT2D eigenvalue weighted by molar-refractivity contribution is -0.00797. The van der Waals surface area contributed by atoms with Crippen molar-refractivity contribution in [3.05, 3.63) is 0 Å². The highest BCUT2D eigenvalue weighted by atomic mass is 32.2. The molecular formula is C8H19NO4S. The van der Waals surface area contributed by atoms with Gasteiger partial charge in [0.25, 0.3) is 0 Å². The first-order valence-corrected chi connectivity index (χ1v) is 6.12. The van der Waals surface area contributed by atoms with Gasteiger partial charge >= 0.3 is 0 Å². The third-order valence-corrected chi connectivity index (χ3v) is 2.65. The van der Waals surface area contributed by atoms with Crippen LogP contribution in [0.15, 0.2) is 0 Å². The number of nitrogens with two attached hydrogens (primary N) is 1. The fourth-order valence-electron chi connectivity index (χ4n) is 0.697. The average molecular weight is 225 g/mol. The highest BCUT2D eigenvalue weighted by Crippen LogP contribution is 2.12. The molecule has 0 aliphatic rings. The zero-order valence-corrected chi connectivity index (χ0v) is 9.76. The topological polar surface area (TPSA) is 78.6 Å². The number of rotatable bonds is 7. The molecular weight excluding hydrogens is 206 g/mol. The number of ether oxygens (including phenoxy) is 2. The normalized spacial score (nSPS) is 13.1. The second kappa shape index (κ2) is 5.65. The van der Waals surface area contributed by atoms with Crippen molar-refractivity contribution in [2.75, 3.05) is 26.1 Å². The summed E-state index contributed by atoms with van der Waals surface area (Å²) < 4.78 is 31.3. The Bertz CT molecular complexity index is 248. The molecule has 0 unspecified atom stereocenters. The minimum absolute atomic E-state index is 0.138. The van der Waals surface area contributed by atoms with Crippen molar-refractivity contribution in [1.29, 1.82) is 0 Å². The van der Waals surface area contributed by atoms with Gasteiger partial charge in [-0.3, -0.25) is 0 Å². The van der Waals surface area contributed by atoms with E-state index in [1.807, 2.05) is 13.8 Å². The van der Waals surface area contributed by atoms with E-state index in [9.17, 15) is 8.42 Å². The minimum atomic E-state index is -3.40. The Morgan fingerprint density at radius 1 is 1.29 bits per heavy atom. The van der Waals surface area contributed by atoms with Crippen LogP contribution in [0.5, 0.6) is 0 Å². The van der Waals surface area contributed by atoms with Gasteiger partial charge in [0, 0.05) is 13.7 Å². The molecule has 0 aliphatic carbocycles. The molecule has 0 amide bonds. The van der Waals surface area contributed by atoms with Crippen LogP contribution in [0, 0.1) is 0 Å². The van der Waals surface area contributed by atoms with Crippen LogP contribution >= 0.6 is 0 Å². The molecule has 0 radical (unpaired) electrons. The molecule has 0 aliphatic heterocycles. The fourth-order valence-corrected chi connectivity index (χ4v) is 1.05. The lowest BCUT2D eigenvalue weighted by atomic mass is 10.1. The lowest BCUT2D eigenvalue weighted by Gasteiger charge is -2.22. The smallest absolute Gasteiger partial charge is 0.211 e. The second-order valence-electron chi connectivity index (χ2n) is 3.69. The summed E-state index contributed by atoms with van der Waals surface area (Å²) in [5, 5.41) is 4.80. The number of hydrogen-bond acceptors (Lipinski definition) is 4. The van der Waals surface area contributed by atoms with Crippen LogP contribution in [0.3, 0.4) is 0 Å². The summed E-state index contributed by atoms with van der Waals surface area (Å²) in [5.41, 5.74) is -0.235. The van der Waals surface area contributed by atoms with Crippen LogP contribution in [0.2, 0.25) is 0 Å². The van der Waals surface area contributed by atoms with Crippen LogP contribution in [0.25, 0.3) is 0 Å². The van der Waals surface area contributed by atoms with Gasteiger partial charge in [-0.1, -0.05) is 0 Å². The maximum Gasteiger partial charge on any atom is 0.211 e. The maximum atomic E-state index is 10.5. The quantitative estimate of drug-likeness (QED) is 0.624. The first-order valence-electron chi connectivity index (χ1n) is 4.40. The highest BCUT2D eigenvalue weighted by Gasteiger charge is 2.15. The summed E-state index contributed by atoms with van der Waals surface area (Å²) in [5.74, 6) is -0.138. The highest BCUT2D eigenvalue weighted by molar-refractivity contribution is 7.89. The maximum absolute atomic E-state index is 10.5. The van der Waals surface area contributed by atoms with Gasteiger partial charge in [0.2, 0.25) is 10.0 Å². The lowest BCUT2D eigenvalue weighted by Crippen LogP contribution is -2.26. The SMILES string of the molecule is COC(C)(C)CCOCCS(N)(=O)=O. The third-order valence-electron chi connectivity index (χ3n) is 1.91. The van der Waals surface area contributed by atoms with Crippen LogP contribution in [-0.2, 0) is 19.5 Å². The predicted molar refractivity (Wildman–Crippen MR) is 54.5 cm³/mol. The van der Waals surface area contributed by atoms with E-state index >= 15 is 0 Å². The molecule has 5 nitrogen and oxygen atoms in total. The van der Waals surface area contributed by atoms with Gasteiger partial charge in [-0.15, -0.1) is 0 Å². The van der Waals surface area contributed by atoms with Crippen molar-refractivity contribution in [3.63, 3.8) is 0 Å². The van der Waals surface area contributed by atoms with E-state index in [4.69, 9.17) is 14.6 Å². The van der Waals surface area contributed by atoms with Gasteiger partial charge < -0.3 is 9.47 Å². The number of methoxy groups -OCH3 is 1. The second-order valence-corrected chi connectivity index (χ2v) is 5.43. The van der Waals surface area contributed by atoms with Gasteiger partial charge in [-0.05, 0) is 20.3 Å². The Balaban J connectivity index is 3.49. The van der Waals surface area contributed by atoms with E-state index in [1.165, 1.54) is 0 Å². The van der Waals surface area contributed by atoms with Gasteiger partial charge in [-0.2, -0.15) is 0 Å². The zero-order chi connectivity index (χ0) is 11.2.